The van der Waals surface area contributed by atoms with Crippen molar-refractivity contribution in [2.24, 2.45) is 5.41 Å². The summed E-state index contributed by atoms with van der Waals surface area (Å²) in [6, 6.07) is 0. The van der Waals surface area contributed by atoms with Crippen molar-refractivity contribution in [3.05, 3.63) is 11.6 Å². The molecular weight excluding hydrogens is 148 g/mol. The Morgan fingerprint density at radius 1 is 1.42 bits per heavy atom. The Kier molecular flexibility index (Phi) is 1.99. The van der Waals surface area contributed by atoms with E-state index in [1.54, 1.807) is 0 Å². The van der Waals surface area contributed by atoms with Crippen molar-refractivity contribution in [2.45, 2.75) is 51.6 Å². The van der Waals surface area contributed by atoms with Crippen LogP contribution in [0.25, 0.3) is 0 Å². The summed E-state index contributed by atoms with van der Waals surface area (Å²) >= 11 is 0. The van der Waals surface area contributed by atoms with Gasteiger partial charge < -0.3 is 5.11 Å². The van der Waals surface area contributed by atoms with Crippen LogP contribution in [0.2, 0.25) is 0 Å². The average Bonchev–Trinajstić information content (AvgIpc) is 2.04. The second-order valence-corrected chi connectivity index (χ2v) is 4.52. The zero-order valence-electron chi connectivity index (χ0n) is 7.84. The molecule has 0 unspecified atom stereocenters. The topological polar surface area (TPSA) is 20.2 Å². The zero-order chi connectivity index (χ0) is 8.60. The second kappa shape index (κ2) is 2.88. The molecule has 2 atom stereocenters. The lowest BCUT2D eigenvalue weighted by molar-refractivity contribution is 0.115. The molecule has 0 aromatic carbocycles. The third kappa shape index (κ3) is 1.20. The maximum atomic E-state index is 9.80. The van der Waals surface area contributed by atoms with Crippen LogP contribution in [0, 0.1) is 5.41 Å². The number of rotatable bonds is 0. The van der Waals surface area contributed by atoms with Crippen LogP contribution in [0.3, 0.4) is 0 Å². The minimum absolute atomic E-state index is 0.121. The SMILES string of the molecule is C[C@]12CCCC=C1[C@H](O)CCC2. The van der Waals surface area contributed by atoms with E-state index in [9.17, 15) is 5.11 Å². The van der Waals surface area contributed by atoms with Crippen LogP contribution in [0.15, 0.2) is 11.6 Å². The second-order valence-electron chi connectivity index (χ2n) is 4.52. The van der Waals surface area contributed by atoms with Crippen LogP contribution < -0.4 is 0 Å². The highest BCUT2D eigenvalue weighted by Crippen LogP contribution is 2.46. The summed E-state index contributed by atoms with van der Waals surface area (Å²) in [5, 5.41) is 9.80. The van der Waals surface area contributed by atoms with Gasteiger partial charge in [0, 0.05) is 0 Å². The lowest BCUT2D eigenvalue weighted by Gasteiger charge is -2.42. The van der Waals surface area contributed by atoms with E-state index in [0.717, 1.165) is 6.42 Å². The molecular formula is C11H18O. The molecule has 0 aromatic rings. The molecule has 0 heterocycles. The molecule has 2 aliphatic carbocycles. The van der Waals surface area contributed by atoms with Gasteiger partial charge in [0.1, 0.15) is 0 Å². The van der Waals surface area contributed by atoms with Crippen molar-refractivity contribution in [1.29, 1.82) is 0 Å². The van der Waals surface area contributed by atoms with Gasteiger partial charge >= 0.3 is 0 Å². The zero-order valence-corrected chi connectivity index (χ0v) is 7.84. The first-order valence-corrected chi connectivity index (χ1v) is 5.11. The van der Waals surface area contributed by atoms with Crippen LogP contribution in [-0.2, 0) is 0 Å². The average molecular weight is 166 g/mol. The lowest BCUT2D eigenvalue weighted by Crippen LogP contribution is -2.33. The highest BCUT2D eigenvalue weighted by Gasteiger charge is 2.37. The van der Waals surface area contributed by atoms with Crippen LogP contribution >= 0.6 is 0 Å². The monoisotopic (exact) mass is 166 g/mol. The molecule has 1 N–H and O–H groups in total. The van der Waals surface area contributed by atoms with E-state index >= 15 is 0 Å². The van der Waals surface area contributed by atoms with Crippen LogP contribution in [-0.4, -0.2) is 11.2 Å². The van der Waals surface area contributed by atoms with Gasteiger partial charge in [-0.3, -0.25) is 0 Å². The molecule has 2 rings (SSSR count). The Labute approximate surface area is 74.5 Å². The summed E-state index contributed by atoms with van der Waals surface area (Å²) in [5.41, 5.74) is 1.70. The molecule has 1 fully saturated rings. The standard InChI is InChI=1S/C11H18O/c1-11-7-3-2-5-9(11)10(12)6-4-8-11/h5,10,12H,2-4,6-8H2,1H3/t10-,11-/m1/s1. The summed E-state index contributed by atoms with van der Waals surface area (Å²) in [4.78, 5) is 0. The molecule has 0 amide bonds. The Balaban J connectivity index is 2.27. The van der Waals surface area contributed by atoms with E-state index in [0.29, 0.717) is 5.41 Å². The number of hydrogen-bond acceptors (Lipinski definition) is 1. The Morgan fingerprint density at radius 3 is 2.92 bits per heavy atom. The normalized spacial score (nSPS) is 41.8. The highest BCUT2D eigenvalue weighted by atomic mass is 16.3. The molecule has 0 aromatic heterocycles. The van der Waals surface area contributed by atoms with Crippen LogP contribution in [0.5, 0.6) is 0 Å². The molecule has 12 heavy (non-hydrogen) atoms. The number of allylic oxidation sites excluding steroid dienone is 1. The van der Waals surface area contributed by atoms with Gasteiger partial charge in [-0.15, -0.1) is 0 Å². The molecule has 0 spiro atoms. The summed E-state index contributed by atoms with van der Waals surface area (Å²) < 4.78 is 0. The van der Waals surface area contributed by atoms with Gasteiger partial charge in [0.2, 0.25) is 0 Å². The molecule has 68 valence electrons. The van der Waals surface area contributed by atoms with Gasteiger partial charge in [-0.05, 0) is 49.5 Å². The quantitative estimate of drug-likeness (QED) is 0.548. The fourth-order valence-electron chi connectivity index (χ4n) is 2.79. The van der Waals surface area contributed by atoms with Gasteiger partial charge in [-0.1, -0.05) is 13.0 Å². The predicted molar refractivity (Wildman–Crippen MR) is 49.9 cm³/mol. The van der Waals surface area contributed by atoms with Crippen molar-refractivity contribution in [1.82, 2.24) is 0 Å². The van der Waals surface area contributed by atoms with E-state index in [2.05, 4.69) is 13.0 Å². The maximum absolute atomic E-state index is 9.80. The smallest absolute Gasteiger partial charge is 0.0755 e. The van der Waals surface area contributed by atoms with E-state index in [-0.39, 0.29) is 6.10 Å². The van der Waals surface area contributed by atoms with Crippen molar-refractivity contribution < 1.29 is 5.11 Å². The molecule has 1 saturated carbocycles. The third-order valence-electron chi connectivity index (χ3n) is 3.56. The van der Waals surface area contributed by atoms with Gasteiger partial charge in [-0.2, -0.15) is 0 Å². The number of fused-ring (bicyclic) bond motifs is 1. The molecule has 0 radical (unpaired) electrons. The summed E-state index contributed by atoms with van der Waals surface area (Å²) in [6.45, 7) is 2.32. The molecule has 2 aliphatic rings. The van der Waals surface area contributed by atoms with Crippen LogP contribution in [0.1, 0.15) is 45.4 Å². The van der Waals surface area contributed by atoms with E-state index < -0.39 is 0 Å². The molecule has 1 nitrogen and oxygen atoms in total. The highest BCUT2D eigenvalue weighted by molar-refractivity contribution is 5.22. The van der Waals surface area contributed by atoms with E-state index in [4.69, 9.17) is 0 Å². The van der Waals surface area contributed by atoms with E-state index in [1.807, 2.05) is 0 Å². The van der Waals surface area contributed by atoms with E-state index in [1.165, 1.54) is 37.7 Å². The minimum Gasteiger partial charge on any atom is -0.389 e. The molecule has 1 heteroatoms. The van der Waals surface area contributed by atoms with Gasteiger partial charge in [0.05, 0.1) is 6.10 Å². The number of aliphatic hydroxyl groups excluding tert-OH is 1. The largest absolute Gasteiger partial charge is 0.389 e. The minimum atomic E-state index is -0.121. The summed E-state index contributed by atoms with van der Waals surface area (Å²) in [6.07, 6.45) is 9.42. The fraction of sp³-hybridized carbons (Fsp3) is 0.818. The first kappa shape index (κ1) is 8.31. The van der Waals surface area contributed by atoms with Crippen molar-refractivity contribution in [3.8, 4) is 0 Å². The Hall–Kier alpha value is -0.300. The maximum Gasteiger partial charge on any atom is 0.0755 e. The Morgan fingerprint density at radius 2 is 2.17 bits per heavy atom. The fourth-order valence-corrected chi connectivity index (χ4v) is 2.79. The Bertz CT molecular complexity index is 207. The number of hydrogen-bond donors (Lipinski definition) is 1. The molecule has 0 bridgehead atoms. The van der Waals surface area contributed by atoms with Crippen molar-refractivity contribution in [3.63, 3.8) is 0 Å². The van der Waals surface area contributed by atoms with Crippen molar-refractivity contribution >= 4 is 0 Å². The predicted octanol–water partition coefficient (Wildman–Crippen LogP) is 2.65. The number of aliphatic hydroxyl groups is 1. The van der Waals surface area contributed by atoms with Gasteiger partial charge in [0.15, 0.2) is 0 Å². The lowest BCUT2D eigenvalue weighted by atomic mass is 9.65. The first-order valence-electron chi connectivity index (χ1n) is 5.11. The van der Waals surface area contributed by atoms with Crippen LogP contribution in [0.4, 0.5) is 0 Å². The van der Waals surface area contributed by atoms with Gasteiger partial charge in [-0.25, -0.2) is 0 Å². The first-order chi connectivity index (χ1) is 5.72. The molecule has 0 aliphatic heterocycles. The third-order valence-corrected chi connectivity index (χ3v) is 3.56. The summed E-state index contributed by atoms with van der Waals surface area (Å²) in [5.74, 6) is 0. The van der Waals surface area contributed by atoms with Crippen molar-refractivity contribution in [2.75, 3.05) is 0 Å². The van der Waals surface area contributed by atoms with Gasteiger partial charge in [0.25, 0.3) is 0 Å². The summed E-state index contributed by atoms with van der Waals surface area (Å²) in [7, 11) is 0. The molecule has 0 saturated heterocycles.